The Morgan fingerprint density at radius 2 is 1.88 bits per heavy atom. The summed E-state index contributed by atoms with van der Waals surface area (Å²) in [6.07, 6.45) is -2.34. The quantitative estimate of drug-likeness (QED) is 0.193. The van der Waals surface area contributed by atoms with E-state index in [1.807, 2.05) is 13.0 Å². The van der Waals surface area contributed by atoms with Crippen molar-refractivity contribution in [3.05, 3.63) is 81.6 Å². The number of nitrogens with zero attached hydrogens (tertiary/aromatic N) is 3. The van der Waals surface area contributed by atoms with Crippen LogP contribution in [0.25, 0.3) is 11.0 Å². The van der Waals surface area contributed by atoms with Crippen molar-refractivity contribution < 1.29 is 31.9 Å². The van der Waals surface area contributed by atoms with E-state index in [2.05, 4.69) is 30.8 Å². The Balaban J connectivity index is 1.32. The normalized spacial score (nSPS) is 15.0. The van der Waals surface area contributed by atoms with E-state index in [1.54, 1.807) is 26.8 Å². The number of esters is 1. The number of hydrogen-bond donors (Lipinski definition) is 3. The van der Waals surface area contributed by atoms with Gasteiger partial charge >= 0.3 is 12.1 Å². The number of carbonyl (C=O) groups excluding carboxylic acids is 2. The fourth-order valence-corrected chi connectivity index (χ4v) is 5.03. The van der Waals surface area contributed by atoms with Crippen molar-refractivity contribution in [3.8, 4) is 0 Å². The van der Waals surface area contributed by atoms with Crippen molar-refractivity contribution in [2.24, 2.45) is 0 Å². The summed E-state index contributed by atoms with van der Waals surface area (Å²) in [7, 11) is 0. The molecule has 1 amide bonds. The molecule has 9 nitrogen and oxygen atoms in total. The molecule has 2 heterocycles. The van der Waals surface area contributed by atoms with Crippen LogP contribution in [-0.4, -0.2) is 37.6 Å². The average molecular weight is 585 g/mol. The third-order valence-electron chi connectivity index (χ3n) is 6.98. The highest BCUT2D eigenvalue weighted by Crippen LogP contribution is 2.36. The van der Waals surface area contributed by atoms with Crippen molar-refractivity contribution in [3.63, 3.8) is 0 Å². The molecule has 1 atom stereocenters. The lowest BCUT2D eigenvalue weighted by atomic mass is 9.97. The Labute approximate surface area is 238 Å². The molecule has 0 bridgehead atoms. The van der Waals surface area contributed by atoms with Crippen LogP contribution in [0.4, 0.5) is 23.4 Å². The molecule has 220 valence electrons. The van der Waals surface area contributed by atoms with Gasteiger partial charge in [-0.05, 0) is 81.0 Å². The summed E-state index contributed by atoms with van der Waals surface area (Å²) in [6, 6.07) is 5.94. The number of aromatic nitrogens is 4. The van der Waals surface area contributed by atoms with Crippen LogP contribution < -0.4 is 10.6 Å². The SMILES string of the molecule is Cc1c(C(=O)OC(C)(C)C)ccc2c1CC[C@@H]2NC(=O)c1ncnc2c(NCc3ccc(F)c(C(F)(F)F)c3)n[nH]c12. The third-order valence-corrected chi connectivity index (χ3v) is 6.98. The number of amides is 1. The monoisotopic (exact) mass is 584 g/mol. The molecule has 2 aromatic heterocycles. The lowest BCUT2D eigenvalue weighted by Crippen LogP contribution is -2.28. The number of hydrogen-bond acceptors (Lipinski definition) is 7. The van der Waals surface area contributed by atoms with E-state index in [-0.39, 0.29) is 40.7 Å². The Hall–Kier alpha value is -4.55. The van der Waals surface area contributed by atoms with E-state index in [0.29, 0.717) is 18.4 Å². The maximum absolute atomic E-state index is 13.6. The molecule has 0 fully saturated rings. The highest BCUT2D eigenvalue weighted by atomic mass is 19.4. The smallest absolute Gasteiger partial charge is 0.419 e. The van der Waals surface area contributed by atoms with Gasteiger partial charge in [-0.15, -0.1) is 0 Å². The van der Waals surface area contributed by atoms with E-state index in [9.17, 15) is 27.2 Å². The van der Waals surface area contributed by atoms with Gasteiger partial charge in [0.2, 0.25) is 0 Å². The molecule has 0 radical (unpaired) electrons. The van der Waals surface area contributed by atoms with Crippen molar-refractivity contribution in [2.75, 3.05) is 5.32 Å². The average Bonchev–Trinajstić information content (AvgIpc) is 3.51. The molecule has 0 aliphatic heterocycles. The molecule has 2 aromatic carbocycles. The topological polar surface area (TPSA) is 122 Å². The van der Waals surface area contributed by atoms with Crippen molar-refractivity contribution >= 4 is 28.7 Å². The zero-order chi connectivity index (χ0) is 30.4. The van der Waals surface area contributed by atoms with Gasteiger partial charge < -0.3 is 15.4 Å². The Bertz CT molecular complexity index is 1690. The molecule has 0 spiro atoms. The van der Waals surface area contributed by atoms with Crippen molar-refractivity contribution in [1.82, 2.24) is 25.5 Å². The summed E-state index contributed by atoms with van der Waals surface area (Å²) >= 11 is 0. The van der Waals surface area contributed by atoms with Gasteiger partial charge in [0.15, 0.2) is 11.5 Å². The number of alkyl halides is 3. The van der Waals surface area contributed by atoms with Gasteiger partial charge in [-0.1, -0.05) is 12.1 Å². The maximum Gasteiger partial charge on any atom is 0.419 e. The van der Waals surface area contributed by atoms with Crippen LogP contribution in [0.2, 0.25) is 0 Å². The summed E-state index contributed by atoms with van der Waals surface area (Å²) in [4.78, 5) is 34.3. The maximum atomic E-state index is 13.6. The molecule has 1 aliphatic rings. The number of rotatable bonds is 6. The molecule has 0 saturated heterocycles. The van der Waals surface area contributed by atoms with Crippen LogP contribution in [0.1, 0.15) is 81.9 Å². The molecule has 0 saturated carbocycles. The summed E-state index contributed by atoms with van der Waals surface area (Å²) in [5.41, 5.74) is 1.93. The number of ether oxygens (including phenoxy) is 1. The van der Waals surface area contributed by atoms with E-state index in [4.69, 9.17) is 4.74 Å². The third kappa shape index (κ3) is 5.76. The van der Waals surface area contributed by atoms with Crippen LogP contribution in [-0.2, 0) is 23.9 Å². The predicted octanol–water partition coefficient (Wildman–Crippen LogP) is 5.80. The second-order valence-corrected chi connectivity index (χ2v) is 11.1. The lowest BCUT2D eigenvalue weighted by Gasteiger charge is -2.21. The number of halogens is 4. The fourth-order valence-electron chi connectivity index (χ4n) is 5.03. The van der Waals surface area contributed by atoms with Gasteiger partial charge in [-0.2, -0.15) is 18.3 Å². The summed E-state index contributed by atoms with van der Waals surface area (Å²) < 4.78 is 58.4. The first-order valence-electron chi connectivity index (χ1n) is 13.2. The Morgan fingerprint density at radius 1 is 1.12 bits per heavy atom. The zero-order valence-electron chi connectivity index (χ0n) is 23.2. The van der Waals surface area contributed by atoms with Crippen molar-refractivity contribution in [1.29, 1.82) is 0 Å². The van der Waals surface area contributed by atoms with E-state index < -0.39 is 35.0 Å². The minimum atomic E-state index is -4.83. The van der Waals surface area contributed by atoms with E-state index >= 15 is 0 Å². The Morgan fingerprint density at radius 3 is 2.60 bits per heavy atom. The van der Waals surface area contributed by atoms with E-state index in [1.165, 1.54) is 12.4 Å². The number of carbonyl (C=O) groups is 2. The number of benzene rings is 2. The molecular weight excluding hydrogens is 556 g/mol. The minimum Gasteiger partial charge on any atom is -0.456 e. The van der Waals surface area contributed by atoms with Gasteiger partial charge in [0.25, 0.3) is 5.91 Å². The van der Waals surface area contributed by atoms with Gasteiger partial charge in [0, 0.05) is 6.54 Å². The molecule has 0 unspecified atom stereocenters. The second-order valence-electron chi connectivity index (χ2n) is 11.1. The lowest BCUT2D eigenvalue weighted by molar-refractivity contribution is -0.140. The first-order valence-corrected chi connectivity index (χ1v) is 13.2. The van der Waals surface area contributed by atoms with Crippen LogP contribution >= 0.6 is 0 Å². The molecular formula is C29H28F4N6O3. The van der Waals surface area contributed by atoms with Gasteiger partial charge in [-0.25, -0.2) is 19.2 Å². The van der Waals surface area contributed by atoms with Crippen LogP contribution in [0.15, 0.2) is 36.7 Å². The molecule has 1 aliphatic carbocycles. The second kappa shape index (κ2) is 10.7. The number of anilines is 1. The molecule has 3 N–H and O–H groups in total. The Kier molecular flexibility index (Phi) is 7.37. The highest BCUT2D eigenvalue weighted by molar-refractivity contribution is 6.05. The standard InChI is InChI=1S/C29H28F4N6O3/c1-14-16-8-10-21(18(16)7-6-17(14)27(41)42-28(2,3)4)37-26(40)24-22-23(35-13-36-24)25(39-38-22)34-12-15-5-9-20(30)19(11-15)29(31,32)33/h5-7,9,11,13,21H,8,10,12H2,1-4H3,(H,37,40)(H2,34,38,39)/t21-/m0/s1. The summed E-state index contributed by atoms with van der Waals surface area (Å²) in [5, 5.41) is 12.7. The summed E-state index contributed by atoms with van der Waals surface area (Å²) in [6.45, 7) is 7.19. The van der Waals surface area contributed by atoms with Gasteiger partial charge in [0.1, 0.15) is 28.8 Å². The number of fused-ring (bicyclic) bond motifs is 2. The number of H-pyrrole nitrogens is 1. The van der Waals surface area contributed by atoms with Gasteiger partial charge in [0.05, 0.1) is 17.2 Å². The molecule has 42 heavy (non-hydrogen) atoms. The van der Waals surface area contributed by atoms with Crippen LogP contribution in [0.3, 0.4) is 0 Å². The fraction of sp³-hybridized carbons (Fsp3) is 0.345. The van der Waals surface area contributed by atoms with Gasteiger partial charge in [-0.3, -0.25) is 9.89 Å². The van der Waals surface area contributed by atoms with Crippen LogP contribution in [0.5, 0.6) is 0 Å². The first-order chi connectivity index (χ1) is 19.7. The van der Waals surface area contributed by atoms with E-state index in [0.717, 1.165) is 28.8 Å². The minimum absolute atomic E-state index is 0.0391. The molecule has 5 rings (SSSR count). The predicted molar refractivity (Wildman–Crippen MR) is 145 cm³/mol. The first kappa shape index (κ1) is 29.0. The molecule has 4 aromatic rings. The number of nitrogens with one attached hydrogen (secondary N) is 3. The van der Waals surface area contributed by atoms with Crippen LogP contribution in [0, 0.1) is 12.7 Å². The van der Waals surface area contributed by atoms with Crippen molar-refractivity contribution in [2.45, 2.75) is 64.9 Å². The largest absolute Gasteiger partial charge is 0.456 e. The summed E-state index contributed by atoms with van der Waals surface area (Å²) in [5.74, 6) is -2.04. The highest BCUT2D eigenvalue weighted by Gasteiger charge is 2.34. The number of aromatic amines is 1. The molecule has 13 heteroatoms. The zero-order valence-corrected chi connectivity index (χ0v) is 23.2.